The molecule has 2 aromatic rings. The van der Waals surface area contributed by atoms with Gasteiger partial charge in [-0.15, -0.1) is 0 Å². The molecule has 2 rings (SSSR count). The van der Waals surface area contributed by atoms with Crippen LogP contribution in [0, 0.1) is 6.92 Å². The van der Waals surface area contributed by atoms with Gasteiger partial charge in [-0.2, -0.15) is 0 Å². The van der Waals surface area contributed by atoms with Gasteiger partial charge >= 0.3 is 0 Å². The molecule has 0 bridgehead atoms. The second kappa shape index (κ2) is 4.95. The van der Waals surface area contributed by atoms with Gasteiger partial charge < -0.3 is 5.73 Å². The Balaban J connectivity index is 2.40. The number of nitrogens with two attached hydrogens (primary N) is 2. The van der Waals surface area contributed by atoms with E-state index in [-0.39, 0.29) is 6.04 Å². The second-order valence-corrected chi connectivity index (χ2v) is 3.99. The van der Waals surface area contributed by atoms with Crippen molar-refractivity contribution >= 4 is 5.82 Å². The molecular formula is C13H16N4. The van der Waals surface area contributed by atoms with Crippen molar-refractivity contribution in [1.82, 2.24) is 10.4 Å². The number of nitrogens with one attached hydrogen (secondary N) is 1. The zero-order valence-corrected chi connectivity index (χ0v) is 9.72. The molecule has 17 heavy (non-hydrogen) atoms. The normalized spacial score (nSPS) is 12.4. The Bertz CT molecular complexity index is 493. The minimum absolute atomic E-state index is 0.135. The topological polar surface area (TPSA) is 77.0 Å². The molecule has 0 amide bonds. The second-order valence-electron chi connectivity index (χ2n) is 3.99. The summed E-state index contributed by atoms with van der Waals surface area (Å²) < 4.78 is 0. The van der Waals surface area contributed by atoms with Crippen LogP contribution >= 0.6 is 0 Å². The molecule has 4 heteroatoms. The van der Waals surface area contributed by atoms with Gasteiger partial charge in [-0.1, -0.05) is 35.9 Å². The number of aromatic nitrogens is 1. The van der Waals surface area contributed by atoms with Crippen molar-refractivity contribution in [2.45, 2.75) is 13.0 Å². The fourth-order valence-corrected chi connectivity index (χ4v) is 1.80. The molecule has 1 aromatic heterocycles. The third kappa shape index (κ3) is 2.43. The zero-order chi connectivity index (χ0) is 12.3. The molecule has 0 spiro atoms. The minimum Gasteiger partial charge on any atom is -0.383 e. The van der Waals surface area contributed by atoms with E-state index < -0.39 is 0 Å². The summed E-state index contributed by atoms with van der Waals surface area (Å²) in [6.07, 6.45) is 1.67. The molecule has 1 unspecified atom stereocenters. The smallest absolute Gasteiger partial charge is 0.128 e. The number of nitrogens with zero attached hydrogens (tertiary/aromatic N) is 1. The van der Waals surface area contributed by atoms with Gasteiger partial charge in [0, 0.05) is 11.8 Å². The number of hydrazine groups is 1. The van der Waals surface area contributed by atoms with E-state index in [1.165, 1.54) is 5.56 Å². The van der Waals surface area contributed by atoms with Crippen molar-refractivity contribution in [3.63, 3.8) is 0 Å². The zero-order valence-electron chi connectivity index (χ0n) is 9.72. The largest absolute Gasteiger partial charge is 0.383 e. The maximum absolute atomic E-state index is 5.86. The van der Waals surface area contributed by atoms with Crippen LogP contribution in [0.2, 0.25) is 0 Å². The van der Waals surface area contributed by atoms with E-state index in [0.29, 0.717) is 5.82 Å². The summed E-state index contributed by atoms with van der Waals surface area (Å²) in [4.78, 5) is 4.07. The lowest BCUT2D eigenvalue weighted by molar-refractivity contribution is 0.636. The van der Waals surface area contributed by atoms with Crippen molar-refractivity contribution in [3.05, 3.63) is 59.3 Å². The summed E-state index contributed by atoms with van der Waals surface area (Å²) in [6.45, 7) is 2.05. The van der Waals surface area contributed by atoms with Gasteiger partial charge in [-0.3, -0.25) is 5.84 Å². The Labute approximate surface area is 101 Å². The number of rotatable bonds is 3. The first-order chi connectivity index (χ1) is 8.22. The highest BCUT2D eigenvalue weighted by molar-refractivity contribution is 5.45. The van der Waals surface area contributed by atoms with E-state index in [2.05, 4.69) is 10.4 Å². The molecule has 0 aliphatic heterocycles. The van der Waals surface area contributed by atoms with Crippen LogP contribution in [0.3, 0.4) is 0 Å². The Hall–Kier alpha value is -1.91. The molecule has 0 radical (unpaired) electrons. The fourth-order valence-electron chi connectivity index (χ4n) is 1.80. The van der Waals surface area contributed by atoms with E-state index in [1.807, 2.05) is 43.3 Å². The number of anilines is 1. The van der Waals surface area contributed by atoms with Crippen LogP contribution in [0.15, 0.2) is 42.6 Å². The van der Waals surface area contributed by atoms with Crippen molar-refractivity contribution in [1.29, 1.82) is 0 Å². The van der Waals surface area contributed by atoms with Gasteiger partial charge in [-0.25, -0.2) is 10.4 Å². The Kier molecular flexibility index (Phi) is 3.37. The van der Waals surface area contributed by atoms with Gasteiger partial charge in [0.25, 0.3) is 0 Å². The van der Waals surface area contributed by atoms with Crippen molar-refractivity contribution in [3.8, 4) is 0 Å². The van der Waals surface area contributed by atoms with Crippen LogP contribution in [0.1, 0.15) is 22.7 Å². The van der Waals surface area contributed by atoms with Crippen LogP contribution in [-0.4, -0.2) is 4.98 Å². The first kappa shape index (κ1) is 11.6. The van der Waals surface area contributed by atoms with E-state index in [1.54, 1.807) is 6.20 Å². The van der Waals surface area contributed by atoms with E-state index >= 15 is 0 Å². The molecule has 1 aromatic carbocycles. The molecule has 1 atom stereocenters. The Morgan fingerprint density at radius 3 is 2.47 bits per heavy atom. The van der Waals surface area contributed by atoms with Crippen molar-refractivity contribution in [2.24, 2.45) is 5.84 Å². The van der Waals surface area contributed by atoms with Crippen LogP contribution in [-0.2, 0) is 0 Å². The monoisotopic (exact) mass is 228 g/mol. The first-order valence-corrected chi connectivity index (χ1v) is 5.45. The standard InChI is InChI=1S/C13H16N4/c1-9-4-6-10(7-5-9)12(17-15)11-3-2-8-16-13(11)14/h2-8,12,17H,15H2,1H3,(H2,14,16). The van der Waals surface area contributed by atoms with Crippen LogP contribution in [0.4, 0.5) is 5.82 Å². The SMILES string of the molecule is Cc1ccc(C(NN)c2cccnc2N)cc1. The maximum Gasteiger partial charge on any atom is 0.128 e. The van der Waals surface area contributed by atoms with Crippen LogP contribution in [0.5, 0.6) is 0 Å². The van der Waals surface area contributed by atoms with E-state index in [4.69, 9.17) is 11.6 Å². The highest BCUT2D eigenvalue weighted by Crippen LogP contribution is 2.24. The van der Waals surface area contributed by atoms with Crippen molar-refractivity contribution in [2.75, 3.05) is 5.73 Å². The summed E-state index contributed by atoms with van der Waals surface area (Å²) in [5.74, 6) is 6.11. The molecular weight excluding hydrogens is 212 g/mol. The van der Waals surface area contributed by atoms with Crippen molar-refractivity contribution < 1.29 is 0 Å². The van der Waals surface area contributed by atoms with Crippen LogP contribution in [0.25, 0.3) is 0 Å². The van der Waals surface area contributed by atoms with Crippen LogP contribution < -0.4 is 17.0 Å². The lowest BCUT2D eigenvalue weighted by Gasteiger charge is -2.18. The molecule has 1 heterocycles. The molecule has 0 fully saturated rings. The summed E-state index contributed by atoms with van der Waals surface area (Å²) in [5, 5.41) is 0. The Morgan fingerprint density at radius 2 is 1.88 bits per heavy atom. The van der Waals surface area contributed by atoms with Gasteiger partial charge in [0.15, 0.2) is 0 Å². The van der Waals surface area contributed by atoms with Gasteiger partial charge in [-0.05, 0) is 18.6 Å². The highest BCUT2D eigenvalue weighted by atomic mass is 15.2. The average molecular weight is 228 g/mol. The van der Waals surface area contributed by atoms with E-state index in [0.717, 1.165) is 11.1 Å². The Morgan fingerprint density at radius 1 is 1.18 bits per heavy atom. The molecule has 4 nitrogen and oxygen atoms in total. The van der Waals surface area contributed by atoms with Gasteiger partial charge in [0.1, 0.15) is 5.82 Å². The fraction of sp³-hybridized carbons (Fsp3) is 0.154. The predicted molar refractivity (Wildman–Crippen MR) is 69.0 cm³/mol. The minimum atomic E-state index is -0.135. The van der Waals surface area contributed by atoms with Gasteiger partial charge in [0.05, 0.1) is 6.04 Å². The molecule has 5 N–H and O–H groups in total. The molecule has 0 saturated carbocycles. The maximum atomic E-state index is 5.86. The number of hydrogen-bond acceptors (Lipinski definition) is 4. The van der Waals surface area contributed by atoms with E-state index in [9.17, 15) is 0 Å². The molecule has 0 saturated heterocycles. The third-order valence-corrected chi connectivity index (χ3v) is 2.76. The highest BCUT2D eigenvalue weighted by Gasteiger charge is 2.15. The molecule has 88 valence electrons. The van der Waals surface area contributed by atoms with Gasteiger partial charge in [0.2, 0.25) is 0 Å². The summed E-state index contributed by atoms with van der Waals surface area (Å²) in [7, 11) is 0. The predicted octanol–water partition coefficient (Wildman–Crippen LogP) is 1.52. The number of benzene rings is 1. The summed E-state index contributed by atoms with van der Waals surface area (Å²) in [6, 6.07) is 11.8. The number of aryl methyl sites for hydroxylation is 1. The third-order valence-electron chi connectivity index (χ3n) is 2.76. The lowest BCUT2D eigenvalue weighted by Crippen LogP contribution is -2.29. The summed E-state index contributed by atoms with van der Waals surface area (Å²) >= 11 is 0. The quantitative estimate of drug-likeness (QED) is 0.550. The summed E-state index contributed by atoms with van der Waals surface area (Å²) in [5.41, 5.74) is 11.8. The molecule has 0 aliphatic rings. The lowest BCUT2D eigenvalue weighted by atomic mass is 9.99. The molecule has 0 aliphatic carbocycles. The first-order valence-electron chi connectivity index (χ1n) is 5.45. The average Bonchev–Trinajstić information content (AvgIpc) is 2.35. The number of hydrogen-bond donors (Lipinski definition) is 3. The number of nitrogen functional groups attached to an aromatic ring is 1. The number of pyridine rings is 1.